The first kappa shape index (κ1) is 21.6. The van der Waals surface area contributed by atoms with Crippen LogP contribution in [-0.2, 0) is 12.8 Å². The molecule has 3 aromatic carbocycles. The molecule has 0 bridgehead atoms. The van der Waals surface area contributed by atoms with Crippen LogP contribution in [0.1, 0.15) is 50.7 Å². The Kier molecular flexibility index (Phi) is 8.28. The minimum absolute atomic E-state index is 0.817. The van der Waals surface area contributed by atoms with Crippen molar-refractivity contribution in [2.75, 3.05) is 0 Å². The van der Waals surface area contributed by atoms with Gasteiger partial charge < -0.3 is 9.42 Å². The zero-order valence-corrected chi connectivity index (χ0v) is 18.4. The maximum atomic E-state index is 10.8. The van der Waals surface area contributed by atoms with Gasteiger partial charge in [0.2, 0.25) is 0 Å². The molecular weight excluding hydrogens is 375 g/mol. The molecule has 0 aliphatic carbocycles. The van der Waals surface area contributed by atoms with E-state index in [2.05, 4.69) is 44.2 Å². The van der Waals surface area contributed by atoms with Gasteiger partial charge in [-0.15, -0.1) is 0 Å². The van der Waals surface area contributed by atoms with Crippen LogP contribution in [0.15, 0.2) is 72.8 Å². The molecule has 3 aromatic rings. The second-order valence-electron chi connectivity index (χ2n) is 7.43. The molecule has 0 aliphatic rings. The van der Waals surface area contributed by atoms with Crippen LogP contribution in [0.25, 0.3) is 11.1 Å². The Bertz CT molecular complexity index is 892. The summed E-state index contributed by atoms with van der Waals surface area (Å²) < 4.78 is 6.10. The van der Waals surface area contributed by atoms with E-state index in [1.807, 2.05) is 42.5 Å². The van der Waals surface area contributed by atoms with Crippen molar-refractivity contribution < 1.29 is 9.42 Å². The summed E-state index contributed by atoms with van der Waals surface area (Å²) in [5, 5.41) is 0.831. The quantitative estimate of drug-likeness (QED) is 0.366. The lowest BCUT2D eigenvalue weighted by Crippen LogP contribution is -2.06. The van der Waals surface area contributed by atoms with E-state index in [0.717, 1.165) is 47.9 Å². The minimum Gasteiger partial charge on any atom is -0.444 e. The summed E-state index contributed by atoms with van der Waals surface area (Å²) in [7, 11) is -1.71. The Morgan fingerprint density at radius 1 is 0.759 bits per heavy atom. The standard InChI is InChI=1S/C26H31O2P/c1-3-5-11-21-17-18-26(24(19-21)12-6-4-2)28-29(27)25-16-10-15-23(20-25)22-13-8-7-9-14-22/h7-10,13-20,27H,3-6,11-12H2,1-2H3. The first-order valence-electron chi connectivity index (χ1n) is 10.7. The molecule has 0 radical (unpaired) electrons. The number of unbranched alkanes of at least 4 members (excludes halogenated alkanes) is 2. The smallest absolute Gasteiger partial charge is 0.262 e. The van der Waals surface area contributed by atoms with Crippen molar-refractivity contribution in [1.82, 2.24) is 0 Å². The van der Waals surface area contributed by atoms with E-state index >= 15 is 0 Å². The lowest BCUT2D eigenvalue weighted by atomic mass is 10.0. The fraction of sp³-hybridized carbons (Fsp3) is 0.308. The van der Waals surface area contributed by atoms with E-state index in [1.54, 1.807) is 0 Å². The zero-order valence-electron chi connectivity index (χ0n) is 17.5. The average Bonchev–Trinajstić information content (AvgIpc) is 2.78. The van der Waals surface area contributed by atoms with Crippen LogP contribution in [0, 0.1) is 0 Å². The van der Waals surface area contributed by atoms with Gasteiger partial charge in [-0.05, 0) is 66.1 Å². The van der Waals surface area contributed by atoms with Crippen molar-refractivity contribution >= 4 is 13.7 Å². The zero-order chi connectivity index (χ0) is 20.5. The molecule has 3 heteroatoms. The second kappa shape index (κ2) is 11.1. The molecule has 0 fully saturated rings. The van der Waals surface area contributed by atoms with Crippen molar-refractivity contribution in [3.05, 3.63) is 83.9 Å². The van der Waals surface area contributed by atoms with E-state index in [9.17, 15) is 4.89 Å². The van der Waals surface area contributed by atoms with Crippen molar-refractivity contribution in [3.8, 4) is 16.9 Å². The van der Waals surface area contributed by atoms with E-state index in [-0.39, 0.29) is 0 Å². The summed E-state index contributed by atoms with van der Waals surface area (Å²) in [6.45, 7) is 4.42. The SMILES string of the molecule is CCCCc1ccc(OP(O)c2cccc(-c3ccccc3)c2)c(CCCC)c1. The molecule has 0 aliphatic heterocycles. The molecule has 0 saturated heterocycles. The molecule has 3 rings (SSSR count). The Morgan fingerprint density at radius 3 is 2.24 bits per heavy atom. The Balaban J connectivity index is 1.79. The van der Waals surface area contributed by atoms with E-state index in [4.69, 9.17) is 4.52 Å². The van der Waals surface area contributed by atoms with Gasteiger partial charge in [0, 0.05) is 5.30 Å². The summed E-state index contributed by atoms with van der Waals surface area (Å²) >= 11 is 0. The van der Waals surface area contributed by atoms with Gasteiger partial charge in [0.1, 0.15) is 5.75 Å². The van der Waals surface area contributed by atoms with Gasteiger partial charge in [-0.1, -0.05) is 81.3 Å². The van der Waals surface area contributed by atoms with Gasteiger partial charge in [0.05, 0.1) is 0 Å². The average molecular weight is 407 g/mol. The van der Waals surface area contributed by atoms with Crippen LogP contribution in [-0.4, -0.2) is 4.89 Å². The normalized spacial score (nSPS) is 12.0. The molecule has 1 atom stereocenters. The fourth-order valence-electron chi connectivity index (χ4n) is 3.40. The minimum atomic E-state index is -1.71. The monoisotopic (exact) mass is 406 g/mol. The molecule has 1 N–H and O–H groups in total. The van der Waals surface area contributed by atoms with E-state index < -0.39 is 8.38 Å². The molecule has 2 nitrogen and oxygen atoms in total. The largest absolute Gasteiger partial charge is 0.444 e. The van der Waals surface area contributed by atoms with Gasteiger partial charge in [0.15, 0.2) is 0 Å². The number of benzene rings is 3. The van der Waals surface area contributed by atoms with Crippen molar-refractivity contribution in [2.24, 2.45) is 0 Å². The molecule has 0 amide bonds. The highest BCUT2D eigenvalue weighted by atomic mass is 31.2. The van der Waals surface area contributed by atoms with Gasteiger partial charge in [0.25, 0.3) is 8.38 Å². The van der Waals surface area contributed by atoms with Crippen LogP contribution in [0.5, 0.6) is 5.75 Å². The summed E-state index contributed by atoms with van der Waals surface area (Å²) in [6.07, 6.45) is 6.75. The Hall–Kier alpha value is -2.15. The maximum Gasteiger partial charge on any atom is 0.262 e. The summed E-state index contributed by atoms with van der Waals surface area (Å²) in [4.78, 5) is 10.8. The Morgan fingerprint density at radius 2 is 1.48 bits per heavy atom. The van der Waals surface area contributed by atoms with Crippen molar-refractivity contribution in [1.29, 1.82) is 0 Å². The summed E-state index contributed by atoms with van der Waals surface area (Å²) in [6, 6.07) is 24.7. The number of hydrogen-bond donors (Lipinski definition) is 1. The van der Waals surface area contributed by atoms with Crippen LogP contribution >= 0.6 is 8.38 Å². The highest BCUT2D eigenvalue weighted by Crippen LogP contribution is 2.37. The highest BCUT2D eigenvalue weighted by Gasteiger charge is 2.15. The third-order valence-electron chi connectivity index (χ3n) is 5.10. The first-order chi connectivity index (χ1) is 14.2. The summed E-state index contributed by atoms with van der Waals surface area (Å²) in [5.74, 6) is 0.817. The van der Waals surface area contributed by atoms with Gasteiger partial charge in [-0.2, -0.15) is 0 Å². The number of hydrogen-bond acceptors (Lipinski definition) is 2. The summed E-state index contributed by atoms with van der Waals surface area (Å²) in [5.41, 5.74) is 4.80. The lowest BCUT2D eigenvalue weighted by Gasteiger charge is -2.17. The topological polar surface area (TPSA) is 29.5 Å². The van der Waals surface area contributed by atoms with Crippen molar-refractivity contribution in [2.45, 2.75) is 52.4 Å². The number of aryl methyl sites for hydroxylation is 2. The van der Waals surface area contributed by atoms with E-state index in [0.29, 0.717) is 0 Å². The van der Waals surface area contributed by atoms with Gasteiger partial charge in [-0.3, -0.25) is 0 Å². The third-order valence-corrected chi connectivity index (χ3v) is 6.19. The van der Waals surface area contributed by atoms with Crippen molar-refractivity contribution in [3.63, 3.8) is 0 Å². The molecule has 29 heavy (non-hydrogen) atoms. The predicted molar refractivity (Wildman–Crippen MR) is 125 cm³/mol. The molecule has 152 valence electrons. The van der Waals surface area contributed by atoms with Gasteiger partial charge in [-0.25, -0.2) is 0 Å². The predicted octanol–water partition coefficient (Wildman–Crippen LogP) is 7.05. The second-order valence-corrected chi connectivity index (χ2v) is 8.67. The van der Waals surface area contributed by atoms with Crippen LogP contribution in [0.4, 0.5) is 0 Å². The fourth-order valence-corrected chi connectivity index (χ4v) is 4.33. The maximum absolute atomic E-state index is 10.8. The van der Waals surface area contributed by atoms with Crippen LogP contribution < -0.4 is 9.83 Å². The lowest BCUT2D eigenvalue weighted by molar-refractivity contribution is 0.494. The Labute approximate surface area is 176 Å². The van der Waals surface area contributed by atoms with Crippen LogP contribution in [0.2, 0.25) is 0 Å². The van der Waals surface area contributed by atoms with Crippen LogP contribution in [0.3, 0.4) is 0 Å². The van der Waals surface area contributed by atoms with E-state index in [1.165, 1.54) is 24.0 Å². The molecule has 1 unspecified atom stereocenters. The first-order valence-corrected chi connectivity index (χ1v) is 11.9. The molecule has 0 aromatic heterocycles. The molecule has 0 saturated carbocycles. The molecule has 0 spiro atoms. The number of rotatable bonds is 10. The molecule has 0 heterocycles. The third kappa shape index (κ3) is 6.16. The molecular formula is C26H31O2P. The highest BCUT2D eigenvalue weighted by molar-refractivity contribution is 7.55. The van der Waals surface area contributed by atoms with Gasteiger partial charge >= 0.3 is 0 Å².